The summed E-state index contributed by atoms with van der Waals surface area (Å²) in [5.74, 6) is -1.21. The summed E-state index contributed by atoms with van der Waals surface area (Å²) in [7, 11) is -3.95. The van der Waals surface area contributed by atoms with Gasteiger partial charge in [0.2, 0.25) is 5.95 Å². The van der Waals surface area contributed by atoms with Crippen LogP contribution in [0.15, 0.2) is 65.2 Å². The summed E-state index contributed by atoms with van der Waals surface area (Å²) in [5.41, 5.74) is 1.87. The first-order chi connectivity index (χ1) is 22.6. The molecule has 258 valence electrons. The molecule has 2 N–H and O–H groups in total. The van der Waals surface area contributed by atoms with E-state index in [2.05, 4.69) is 33.5 Å². The quantitative estimate of drug-likeness (QED) is 0.184. The number of aryl methyl sites for hydroxylation is 1. The molecule has 12 nitrogen and oxygen atoms in total. The number of ether oxygens (including phenoxy) is 3. The van der Waals surface area contributed by atoms with Crippen molar-refractivity contribution >= 4 is 39.6 Å². The van der Waals surface area contributed by atoms with Crippen LogP contribution in [0.5, 0.6) is 0 Å². The number of aromatic nitrogens is 2. The zero-order valence-electron chi connectivity index (χ0n) is 28.1. The van der Waals surface area contributed by atoms with Crippen molar-refractivity contribution in [3.05, 3.63) is 66.0 Å². The Labute approximate surface area is 281 Å². The van der Waals surface area contributed by atoms with E-state index in [1.165, 1.54) is 32.2 Å². The number of nitrogens with one attached hydrogen (secondary N) is 2. The van der Waals surface area contributed by atoms with Gasteiger partial charge in [-0.25, -0.2) is 27.9 Å². The number of fused-ring (bicyclic) bond motifs is 1. The minimum absolute atomic E-state index is 0.0192. The van der Waals surface area contributed by atoms with Crippen LogP contribution in [0.1, 0.15) is 65.5 Å². The van der Waals surface area contributed by atoms with E-state index in [4.69, 9.17) is 14.2 Å². The van der Waals surface area contributed by atoms with Crippen molar-refractivity contribution in [1.82, 2.24) is 9.97 Å². The molecule has 0 spiro atoms. The summed E-state index contributed by atoms with van der Waals surface area (Å²) >= 11 is 0. The van der Waals surface area contributed by atoms with Gasteiger partial charge in [0.05, 0.1) is 16.5 Å². The number of carbonyl (C=O) groups excluding carboxylic acids is 3. The molecule has 0 saturated heterocycles. The van der Waals surface area contributed by atoms with E-state index < -0.39 is 39.5 Å². The van der Waals surface area contributed by atoms with Gasteiger partial charge in [0.15, 0.2) is 0 Å². The summed E-state index contributed by atoms with van der Waals surface area (Å²) in [4.78, 5) is 45.1. The largest absolute Gasteiger partial charge is 0.465 e. The number of esters is 3. The van der Waals surface area contributed by atoms with Gasteiger partial charge in [0.1, 0.15) is 19.3 Å². The lowest BCUT2D eigenvalue weighted by molar-refractivity contribution is -0.191. The Morgan fingerprint density at radius 1 is 1.12 bits per heavy atom. The fourth-order valence-electron chi connectivity index (χ4n) is 8.02. The maximum Gasteiger partial charge on any atom is 0.336 e. The Morgan fingerprint density at radius 3 is 2.48 bits per heavy atom. The van der Waals surface area contributed by atoms with Crippen molar-refractivity contribution in [3.8, 4) is 0 Å². The third-order valence-electron chi connectivity index (χ3n) is 10.3. The van der Waals surface area contributed by atoms with Crippen molar-refractivity contribution in [2.75, 3.05) is 23.3 Å². The third-order valence-corrected chi connectivity index (χ3v) is 11.7. The average molecular weight is 681 g/mol. The highest BCUT2D eigenvalue weighted by Crippen LogP contribution is 2.62. The van der Waals surface area contributed by atoms with Crippen molar-refractivity contribution in [1.29, 1.82) is 0 Å². The molecular weight excluding hydrogens is 636 g/mol. The number of hydrogen-bond donors (Lipinski definition) is 2. The summed E-state index contributed by atoms with van der Waals surface area (Å²) in [5, 5.41) is 3.47. The Kier molecular flexibility index (Phi) is 10.0. The van der Waals surface area contributed by atoms with E-state index in [9.17, 15) is 22.8 Å². The fraction of sp³-hybridized carbons (Fsp3) is 0.514. The lowest BCUT2D eigenvalue weighted by atomic mass is 9.46. The summed E-state index contributed by atoms with van der Waals surface area (Å²) in [6.45, 7) is 13.6. The predicted octanol–water partition coefficient (Wildman–Crippen LogP) is 5.12. The molecule has 1 aromatic heterocycles. The van der Waals surface area contributed by atoms with Crippen LogP contribution in [-0.2, 0) is 38.6 Å². The number of rotatable bonds is 11. The van der Waals surface area contributed by atoms with Gasteiger partial charge >= 0.3 is 17.9 Å². The van der Waals surface area contributed by atoms with Crippen molar-refractivity contribution in [2.24, 2.45) is 22.7 Å². The number of hydrogen-bond acceptors (Lipinski definition) is 11. The van der Waals surface area contributed by atoms with E-state index in [0.717, 1.165) is 24.8 Å². The number of cyclic esters (lactones) is 1. The molecule has 1 unspecified atom stereocenters. The maximum atomic E-state index is 13.0. The number of carbonyl (C=O) groups is 3. The molecule has 0 amide bonds. The van der Waals surface area contributed by atoms with E-state index in [1.807, 2.05) is 6.92 Å². The van der Waals surface area contributed by atoms with Crippen LogP contribution in [0, 0.1) is 29.6 Å². The van der Waals surface area contributed by atoms with Crippen LogP contribution < -0.4 is 10.0 Å². The van der Waals surface area contributed by atoms with Gasteiger partial charge in [-0.15, -0.1) is 0 Å². The van der Waals surface area contributed by atoms with Gasteiger partial charge in [0.25, 0.3) is 10.0 Å². The van der Waals surface area contributed by atoms with Gasteiger partial charge in [-0.3, -0.25) is 9.59 Å². The van der Waals surface area contributed by atoms with Crippen LogP contribution in [0.25, 0.3) is 0 Å². The monoisotopic (exact) mass is 680 g/mol. The Morgan fingerprint density at radius 2 is 1.85 bits per heavy atom. The minimum Gasteiger partial charge on any atom is -0.465 e. The molecule has 2 fully saturated rings. The molecule has 2 aliphatic carbocycles. The minimum atomic E-state index is -3.95. The zero-order valence-corrected chi connectivity index (χ0v) is 28.9. The van der Waals surface area contributed by atoms with Crippen molar-refractivity contribution in [2.45, 2.75) is 83.8 Å². The van der Waals surface area contributed by atoms with Crippen LogP contribution in [0.2, 0.25) is 0 Å². The molecule has 6 atom stereocenters. The molecule has 1 aromatic carbocycles. The second kappa shape index (κ2) is 13.7. The lowest BCUT2D eigenvalue weighted by Gasteiger charge is -2.60. The molecule has 5 rings (SSSR count). The van der Waals surface area contributed by atoms with Crippen LogP contribution in [-0.4, -0.2) is 61.7 Å². The van der Waals surface area contributed by atoms with Gasteiger partial charge in [-0.05, 0) is 92.7 Å². The Balaban J connectivity index is 1.41. The number of sulfonamides is 1. The van der Waals surface area contributed by atoms with Gasteiger partial charge in [0, 0.05) is 36.8 Å². The second-order valence-electron chi connectivity index (χ2n) is 13.6. The highest BCUT2D eigenvalue weighted by Gasteiger charge is 2.60. The summed E-state index contributed by atoms with van der Waals surface area (Å²) < 4.78 is 45.2. The molecule has 1 aliphatic heterocycles. The van der Waals surface area contributed by atoms with Crippen molar-refractivity contribution < 1.29 is 37.0 Å². The molecule has 2 heterocycles. The average Bonchev–Trinajstić information content (AvgIpc) is 3.44. The topological polar surface area (TPSA) is 163 Å². The zero-order chi connectivity index (χ0) is 34.9. The van der Waals surface area contributed by atoms with Crippen molar-refractivity contribution in [3.63, 3.8) is 0 Å². The van der Waals surface area contributed by atoms with E-state index in [-0.39, 0.29) is 47.3 Å². The molecule has 0 radical (unpaired) electrons. The standard InChI is InChI=1S/C35H44N4O8S/c1-21-7-12-30-34(5,16-13-31(47-24(4)41)35(30,6)20-46-23(3)40)28(21)19-29(27-15-18-45-32(27)42)38-25-8-10-26(11-9-25)48(43,44)39-33-36-17-14-22(2)37-33/h8-11,14-15,17,28-31,38H,1,7,12-13,16,18-20H2,2-6H3,(H,36,37,39)/t28-,29?,30+,31-,34+,35+/m1/s1. The molecule has 48 heavy (non-hydrogen) atoms. The molecule has 3 aliphatic rings. The predicted molar refractivity (Wildman–Crippen MR) is 178 cm³/mol. The van der Waals surface area contributed by atoms with E-state index in [0.29, 0.717) is 29.8 Å². The van der Waals surface area contributed by atoms with Crippen LogP contribution >= 0.6 is 0 Å². The van der Waals surface area contributed by atoms with Gasteiger partial charge in [-0.2, -0.15) is 0 Å². The molecular formula is C35H44N4O8S. The second-order valence-corrected chi connectivity index (χ2v) is 15.3. The number of allylic oxidation sites excluding steroid dienone is 1. The molecule has 2 saturated carbocycles. The first-order valence-electron chi connectivity index (χ1n) is 16.2. The number of anilines is 2. The summed E-state index contributed by atoms with van der Waals surface area (Å²) in [6.07, 6.45) is 6.22. The smallest absolute Gasteiger partial charge is 0.336 e. The molecule has 2 aromatic rings. The molecule has 0 bridgehead atoms. The lowest BCUT2D eigenvalue weighted by Crippen LogP contribution is -2.59. The summed E-state index contributed by atoms with van der Waals surface area (Å²) in [6, 6.07) is 7.46. The van der Waals surface area contributed by atoms with Crippen LogP contribution in [0.4, 0.5) is 11.6 Å². The highest BCUT2D eigenvalue weighted by molar-refractivity contribution is 7.92. The number of nitrogens with zero attached hydrogens (tertiary/aromatic N) is 2. The van der Waals surface area contributed by atoms with E-state index in [1.54, 1.807) is 31.2 Å². The Hall–Kier alpha value is -4.26. The van der Waals surface area contributed by atoms with Gasteiger partial charge < -0.3 is 19.5 Å². The molecule has 13 heteroatoms. The van der Waals surface area contributed by atoms with Crippen LogP contribution in [0.3, 0.4) is 0 Å². The SMILES string of the molecule is C=C1CC[C@@H]2[C@](C)(COC(C)=O)[C@H](OC(C)=O)CC[C@@]2(C)[C@@H]1CC(Nc1ccc(S(=O)(=O)Nc2nccc(C)n2)cc1)C1=CCOC1=O. The highest BCUT2D eigenvalue weighted by atomic mass is 32.2. The third kappa shape index (κ3) is 7.25. The fourth-order valence-corrected chi connectivity index (χ4v) is 8.97. The van der Waals surface area contributed by atoms with Gasteiger partial charge in [-0.1, -0.05) is 26.0 Å². The Bertz CT molecular complexity index is 1730. The first-order valence-corrected chi connectivity index (χ1v) is 17.6. The normalized spacial score (nSPS) is 27.6. The number of benzene rings is 1. The van der Waals surface area contributed by atoms with E-state index >= 15 is 0 Å². The maximum absolute atomic E-state index is 13.0. The first kappa shape index (κ1) is 35.1.